The van der Waals surface area contributed by atoms with E-state index >= 15 is 0 Å². The molecule has 1 aliphatic carbocycles. The van der Waals surface area contributed by atoms with Gasteiger partial charge in [0.15, 0.2) is 0 Å². The molecule has 0 radical (unpaired) electrons. The molecule has 2 N–H and O–H groups in total. The maximum atomic E-state index is 12.4. The molecule has 0 spiro atoms. The van der Waals surface area contributed by atoms with Gasteiger partial charge in [-0.3, -0.25) is 9.89 Å². The molecule has 1 heterocycles. The number of hydrogen-bond acceptors (Lipinski definition) is 3. The van der Waals surface area contributed by atoms with Gasteiger partial charge in [-0.05, 0) is 37.1 Å². The zero-order valence-electron chi connectivity index (χ0n) is 12.1. The lowest BCUT2D eigenvalue weighted by Gasteiger charge is -2.12. The highest BCUT2D eigenvalue weighted by atomic mass is 16.5. The summed E-state index contributed by atoms with van der Waals surface area (Å²) in [7, 11) is 1.63. The number of carbonyl (C=O) groups excluding carboxylic acids is 1. The lowest BCUT2D eigenvalue weighted by atomic mass is 10.1. The summed E-state index contributed by atoms with van der Waals surface area (Å²) in [5.41, 5.74) is 2.25. The van der Waals surface area contributed by atoms with Crippen molar-refractivity contribution in [2.24, 2.45) is 0 Å². The molecule has 3 rings (SSSR count). The third kappa shape index (κ3) is 2.91. The average molecular weight is 285 g/mol. The molecule has 2 aromatic rings. The van der Waals surface area contributed by atoms with E-state index in [0.717, 1.165) is 29.8 Å². The molecule has 1 aromatic heterocycles. The van der Waals surface area contributed by atoms with E-state index in [2.05, 4.69) is 15.5 Å². The number of carbonyl (C=O) groups is 1. The van der Waals surface area contributed by atoms with Crippen LogP contribution in [0.2, 0.25) is 0 Å². The minimum Gasteiger partial charge on any atom is -0.497 e. The molecule has 1 aromatic carbocycles. The summed E-state index contributed by atoms with van der Waals surface area (Å²) in [6.45, 7) is 0. The molecular formula is C16H19N3O2. The summed E-state index contributed by atoms with van der Waals surface area (Å²) in [4.78, 5) is 12.4. The first kappa shape index (κ1) is 13.7. The third-order valence-corrected chi connectivity index (χ3v) is 3.95. The van der Waals surface area contributed by atoms with Gasteiger partial charge in [0, 0.05) is 11.6 Å². The maximum Gasteiger partial charge on any atom is 0.255 e. The van der Waals surface area contributed by atoms with Crippen LogP contribution >= 0.6 is 0 Å². The Bertz CT molecular complexity index is 613. The Morgan fingerprint density at radius 2 is 2.00 bits per heavy atom. The van der Waals surface area contributed by atoms with Crippen molar-refractivity contribution >= 4 is 5.91 Å². The SMILES string of the molecule is COc1ccc(-c2[nH]ncc2C(=O)NC2CCCC2)cc1. The van der Waals surface area contributed by atoms with Crippen molar-refractivity contribution in [3.05, 3.63) is 36.0 Å². The highest BCUT2D eigenvalue weighted by Gasteiger charge is 2.21. The first-order chi connectivity index (χ1) is 10.3. The summed E-state index contributed by atoms with van der Waals surface area (Å²) < 4.78 is 5.15. The monoisotopic (exact) mass is 285 g/mol. The Kier molecular flexibility index (Phi) is 3.90. The number of benzene rings is 1. The van der Waals surface area contributed by atoms with Crippen LogP contribution in [-0.2, 0) is 0 Å². The number of nitrogens with one attached hydrogen (secondary N) is 2. The van der Waals surface area contributed by atoms with E-state index in [1.54, 1.807) is 13.3 Å². The summed E-state index contributed by atoms with van der Waals surface area (Å²) in [5, 5.41) is 10.0. The van der Waals surface area contributed by atoms with Crippen LogP contribution in [0.4, 0.5) is 0 Å². The molecule has 21 heavy (non-hydrogen) atoms. The van der Waals surface area contributed by atoms with Crippen LogP contribution in [0.15, 0.2) is 30.5 Å². The van der Waals surface area contributed by atoms with Gasteiger partial charge in [-0.1, -0.05) is 12.8 Å². The Balaban J connectivity index is 1.80. The summed E-state index contributed by atoms with van der Waals surface area (Å²) in [5.74, 6) is 0.733. The van der Waals surface area contributed by atoms with Crippen LogP contribution in [0.3, 0.4) is 0 Å². The fourth-order valence-corrected chi connectivity index (χ4v) is 2.77. The van der Waals surface area contributed by atoms with Crippen LogP contribution in [0.25, 0.3) is 11.3 Å². The fourth-order valence-electron chi connectivity index (χ4n) is 2.77. The van der Waals surface area contributed by atoms with Crippen molar-refractivity contribution in [1.29, 1.82) is 0 Å². The van der Waals surface area contributed by atoms with E-state index < -0.39 is 0 Å². The molecule has 110 valence electrons. The van der Waals surface area contributed by atoms with Crippen molar-refractivity contribution in [2.45, 2.75) is 31.7 Å². The molecule has 1 aliphatic rings. The zero-order chi connectivity index (χ0) is 14.7. The maximum absolute atomic E-state index is 12.4. The highest BCUT2D eigenvalue weighted by molar-refractivity contribution is 5.99. The summed E-state index contributed by atoms with van der Waals surface area (Å²) in [6.07, 6.45) is 6.12. The Morgan fingerprint density at radius 1 is 1.29 bits per heavy atom. The number of hydrogen-bond donors (Lipinski definition) is 2. The van der Waals surface area contributed by atoms with Gasteiger partial charge in [-0.2, -0.15) is 5.10 Å². The molecule has 0 bridgehead atoms. The Hall–Kier alpha value is -2.30. The van der Waals surface area contributed by atoms with Gasteiger partial charge in [0.1, 0.15) is 5.75 Å². The number of ether oxygens (including phenoxy) is 1. The lowest BCUT2D eigenvalue weighted by molar-refractivity contribution is 0.0938. The normalized spacial score (nSPS) is 15.1. The number of H-pyrrole nitrogens is 1. The van der Waals surface area contributed by atoms with Crippen LogP contribution in [0, 0.1) is 0 Å². The van der Waals surface area contributed by atoms with Gasteiger partial charge in [0.05, 0.1) is 24.6 Å². The molecular weight excluding hydrogens is 266 g/mol. The third-order valence-electron chi connectivity index (χ3n) is 3.95. The van der Waals surface area contributed by atoms with Gasteiger partial charge in [0.25, 0.3) is 5.91 Å². The first-order valence-electron chi connectivity index (χ1n) is 7.26. The van der Waals surface area contributed by atoms with Crippen LogP contribution in [0.5, 0.6) is 5.75 Å². The van der Waals surface area contributed by atoms with Crippen molar-refractivity contribution in [1.82, 2.24) is 15.5 Å². The predicted octanol–water partition coefficient (Wildman–Crippen LogP) is 2.76. The Morgan fingerprint density at radius 3 is 2.67 bits per heavy atom. The van der Waals surface area contributed by atoms with Gasteiger partial charge >= 0.3 is 0 Å². The standard InChI is InChI=1S/C16H19N3O2/c1-21-13-8-6-11(7-9-13)15-14(10-17-19-15)16(20)18-12-4-2-3-5-12/h6-10,12H,2-5H2,1H3,(H,17,19)(H,18,20). The predicted molar refractivity (Wildman–Crippen MR) is 80.3 cm³/mol. The van der Waals surface area contributed by atoms with E-state index in [9.17, 15) is 4.79 Å². The second-order valence-corrected chi connectivity index (χ2v) is 5.34. The van der Waals surface area contributed by atoms with E-state index in [1.165, 1.54) is 12.8 Å². The zero-order valence-corrected chi connectivity index (χ0v) is 12.1. The number of rotatable bonds is 4. The molecule has 1 amide bonds. The van der Waals surface area contributed by atoms with Gasteiger partial charge in [-0.25, -0.2) is 0 Å². The highest BCUT2D eigenvalue weighted by Crippen LogP contribution is 2.24. The lowest BCUT2D eigenvalue weighted by Crippen LogP contribution is -2.32. The van der Waals surface area contributed by atoms with Gasteiger partial charge in [-0.15, -0.1) is 0 Å². The van der Waals surface area contributed by atoms with E-state index in [0.29, 0.717) is 11.6 Å². The molecule has 1 fully saturated rings. The minimum atomic E-state index is -0.0542. The van der Waals surface area contributed by atoms with Crippen LogP contribution < -0.4 is 10.1 Å². The van der Waals surface area contributed by atoms with Gasteiger partial charge in [0.2, 0.25) is 0 Å². The van der Waals surface area contributed by atoms with E-state index in [4.69, 9.17) is 4.74 Å². The number of nitrogens with zero attached hydrogens (tertiary/aromatic N) is 1. The quantitative estimate of drug-likeness (QED) is 0.907. The van der Waals surface area contributed by atoms with Crippen molar-refractivity contribution in [3.8, 4) is 17.0 Å². The molecule has 0 saturated heterocycles. The number of aromatic nitrogens is 2. The molecule has 0 atom stereocenters. The molecule has 5 heteroatoms. The number of methoxy groups -OCH3 is 1. The molecule has 5 nitrogen and oxygen atoms in total. The molecule has 1 saturated carbocycles. The topological polar surface area (TPSA) is 67.0 Å². The second kappa shape index (κ2) is 5.99. The van der Waals surface area contributed by atoms with Crippen LogP contribution in [-0.4, -0.2) is 29.3 Å². The largest absolute Gasteiger partial charge is 0.497 e. The summed E-state index contributed by atoms with van der Waals surface area (Å²) in [6, 6.07) is 7.87. The molecule has 0 unspecified atom stereocenters. The van der Waals surface area contributed by atoms with Crippen molar-refractivity contribution in [3.63, 3.8) is 0 Å². The van der Waals surface area contributed by atoms with Gasteiger partial charge < -0.3 is 10.1 Å². The van der Waals surface area contributed by atoms with Crippen LogP contribution in [0.1, 0.15) is 36.0 Å². The fraction of sp³-hybridized carbons (Fsp3) is 0.375. The van der Waals surface area contributed by atoms with E-state index in [1.807, 2.05) is 24.3 Å². The number of amides is 1. The van der Waals surface area contributed by atoms with Crippen molar-refractivity contribution in [2.75, 3.05) is 7.11 Å². The van der Waals surface area contributed by atoms with Crippen molar-refractivity contribution < 1.29 is 9.53 Å². The second-order valence-electron chi connectivity index (χ2n) is 5.34. The summed E-state index contributed by atoms with van der Waals surface area (Å²) >= 11 is 0. The average Bonchev–Trinajstić information content (AvgIpc) is 3.18. The Labute approximate surface area is 123 Å². The van der Waals surface area contributed by atoms with E-state index in [-0.39, 0.29) is 5.91 Å². The number of aromatic amines is 1. The first-order valence-corrected chi connectivity index (χ1v) is 7.26. The smallest absolute Gasteiger partial charge is 0.255 e. The minimum absolute atomic E-state index is 0.0542. The molecule has 0 aliphatic heterocycles.